The predicted molar refractivity (Wildman–Crippen MR) is 114 cm³/mol. The molecule has 3 rings (SSSR count). The van der Waals surface area contributed by atoms with Crippen molar-refractivity contribution in [2.45, 2.75) is 20.0 Å². The van der Waals surface area contributed by atoms with Crippen LogP contribution in [0.1, 0.15) is 40.3 Å². The number of hydrogen-bond donors (Lipinski definition) is 0. The van der Waals surface area contributed by atoms with Crippen molar-refractivity contribution >= 4 is 29.4 Å². The first kappa shape index (κ1) is 23.8. The summed E-state index contributed by atoms with van der Waals surface area (Å²) >= 11 is 6.17. The van der Waals surface area contributed by atoms with Crippen LogP contribution in [0.3, 0.4) is 0 Å². The molecule has 0 spiro atoms. The van der Waals surface area contributed by atoms with Crippen molar-refractivity contribution in [2.75, 3.05) is 44.2 Å². The maximum absolute atomic E-state index is 13.0. The third-order valence-corrected chi connectivity index (χ3v) is 5.57. The molecule has 1 aliphatic rings. The molecule has 0 N–H and O–H groups in total. The summed E-state index contributed by atoms with van der Waals surface area (Å²) in [7, 11) is 0. The molecule has 0 aliphatic carbocycles. The Morgan fingerprint density at radius 2 is 1.53 bits per heavy atom. The molecule has 1 fully saturated rings. The molecule has 1 aromatic heterocycles. The largest absolute Gasteiger partial charge is 0.416 e. The van der Waals surface area contributed by atoms with Gasteiger partial charge in [0.25, 0.3) is 11.8 Å². The lowest BCUT2D eigenvalue weighted by Gasteiger charge is -2.34. The van der Waals surface area contributed by atoms with E-state index >= 15 is 0 Å². The van der Waals surface area contributed by atoms with Gasteiger partial charge in [0.2, 0.25) is 5.95 Å². The van der Waals surface area contributed by atoms with Gasteiger partial charge in [-0.15, -0.1) is 0 Å². The van der Waals surface area contributed by atoms with Crippen molar-refractivity contribution in [3.8, 4) is 0 Å². The SMILES string of the molecule is CCN(CC)c1ncc(Cl)c(C(=O)N2CCN(C(=O)c3ccc(C(F)(F)F)cc3)CC2)n1. The fourth-order valence-corrected chi connectivity index (χ4v) is 3.59. The monoisotopic (exact) mass is 469 g/mol. The topological polar surface area (TPSA) is 69.6 Å². The molecule has 32 heavy (non-hydrogen) atoms. The summed E-state index contributed by atoms with van der Waals surface area (Å²) in [5, 5.41) is 0.147. The maximum Gasteiger partial charge on any atom is 0.416 e. The molecule has 7 nitrogen and oxygen atoms in total. The number of aromatic nitrogens is 2. The zero-order valence-electron chi connectivity index (χ0n) is 17.7. The van der Waals surface area contributed by atoms with Crippen molar-refractivity contribution in [3.05, 3.63) is 52.3 Å². The van der Waals surface area contributed by atoms with E-state index in [0.29, 0.717) is 19.0 Å². The van der Waals surface area contributed by atoms with E-state index in [0.717, 1.165) is 24.3 Å². The highest BCUT2D eigenvalue weighted by Gasteiger charge is 2.31. The fourth-order valence-electron chi connectivity index (χ4n) is 3.41. The van der Waals surface area contributed by atoms with Crippen molar-refractivity contribution < 1.29 is 22.8 Å². The lowest BCUT2D eigenvalue weighted by Crippen LogP contribution is -2.50. The molecule has 0 bridgehead atoms. The van der Waals surface area contributed by atoms with Gasteiger partial charge in [-0.1, -0.05) is 11.6 Å². The molecule has 1 aromatic carbocycles. The number of anilines is 1. The highest BCUT2D eigenvalue weighted by molar-refractivity contribution is 6.33. The molecule has 2 amide bonds. The van der Waals surface area contributed by atoms with E-state index in [9.17, 15) is 22.8 Å². The molecular weight excluding hydrogens is 447 g/mol. The highest BCUT2D eigenvalue weighted by atomic mass is 35.5. The zero-order chi connectivity index (χ0) is 23.5. The Hall–Kier alpha value is -2.88. The van der Waals surface area contributed by atoms with Gasteiger partial charge < -0.3 is 14.7 Å². The van der Waals surface area contributed by atoms with Gasteiger partial charge >= 0.3 is 6.18 Å². The van der Waals surface area contributed by atoms with E-state index in [1.807, 2.05) is 18.7 Å². The van der Waals surface area contributed by atoms with Crippen molar-refractivity contribution in [1.82, 2.24) is 19.8 Å². The summed E-state index contributed by atoms with van der Waals surface area (Å²) in [6.45, 7) is 6.27. The molecule has 0 atom stereocenters. The van der Waals surface area contributed by atoms with Crippen LogP contribution in [0.5, 0.6) is 0 Å². The van der Waals surface area contributed by atoms with Gasteiger partial charge in [0, 0.05) is 44.8 Å². The Morgan fingerprint density at radius 3 is 2.03 bits per heavy atom. The van der Waals surface area contributed by atoms with E-state index in [1.165, 1.54) is 11.1 Å². The van der Waals surface area contributed by atoms with Gasteiger partial charge in [0.15, 0.2) is 5.69 Å². The van der Waals surface area contributed by atoms with E-state index in [2.05, 4.69) is 9.97 Å². The zero-order valence-corrected chi connectivity index (χ0v) is 18.4. The number of amides is 2. The third-order valence-electron chi connectivity index (χ3n) is 5.29. The number of alkyl halides is 3. The first-order valence-electron chi connectivity index (χ1n) is 10.2. The summed E-state index contributed by atoms with van der Waals surface area (Å²) < 4.78 is 38.2. The summed E-state index contributed by atoms with van der Waals surface area (Å²) in [6.07, 6.45) is -3.05. The van der Waals surface area contributed by atoms with E-state index in [-0.39, 0.29) is 54.3 Å². The molecule has 0 saturated carbocycles. The Bertz CT molecular complexity index is 972. The average molecular weight is 470 g/mol. The molecule has 1 saturated heterocycles. The summed E-state index contributed by atoms with van der Waals surface area (Å²) in [4.78, 5) is 39.1. The fraction of sp³-hybridized carbons (Fsp3) is 0.429. The van der Waals surface area contributed by atoms with E-state index < -0.39 is 11.7 Å². The van der Waals surface area contributed by atoms with Crippen LogP contribution in [-0.4, -0.2) is 70.9 Å². The quantitative estimate of drug-likeness (QED) is 0.669. The lowest BCUT2D eigenvalue weighted by atomic mass is 10.1. The van der Waals surface area contributed by atoms with Crippen LogP contribution in [0.4, 0.5) is 19.1 Å². The van der Waals surface area contributed by atoms with Crippen LogP contribution < -0.4 is 4.90 Å². The second-order valence-electron chi connectivity index (χ2n) is 7.20. The van der Waals surface area contributed by atoms with Crippen LogP contribution in [0.15, 0.2) is 30.5 Å². The van der Waals surface area contributed by atoms with E-state index in [1.54, 1.807) is 4.90 Å². The van der Waals surface area contributed by atoms with Crippen LogP contribution in [0.2, 0.25) is 5.02 Å². The first-order valence-corrected chi connectivity index (χ1v) is 10.6. The Morgan fingerprint density at radius 1 is 1.00 bits per heavy atom. The average Bonchev–Trinajstić information content (AvgIpc) is 2.79. The minimum absolute atomic E-state index is 0.103. The minimum atomic E-state index is -4.46. The van der Waals surface area contributed by atoms with Gasteiger partial charge in [-0.05, 0) is 38.1 Å². The first-order chi connectivity index (χ1) is 15.2. The van der Waals surface area contributed by atoms with Crippen molar-refractivity contribution in [2.24, 2.45) is 0 Å². The summed E-state index contributed by atoms with van der Waals surface area (Å²) in [5.74, 6) is -0.319. The lowest BCUT2D eigenvalue weighted by molar-refractivity contribution is -0.137. The van der Waals surface area contributed by atoms with Gasteiger partial charge in [0.05, 0.1) is 16.8 Å². The number of hydrogen-bond acceptors (Lipinski definition) is 5. The maximum atomic E-state index is 13.0. The Labute approximate surface area is 188 Å². The Balaban J connectivity index is 1.66. The molecular formula is C21H23ClF3N5O2. The second-order valence-corrected chi connectivity index (χ2v) is 7.61. The summed E-state index contributed by atoms with van der Waals surface area (Å²) in [6, 6.07) is 4.10. The highest BCUT2D eigenvalue weighted by Crippen LogP contribution is 2.29. The normalized spacial score (nSPS) is 14.4. The molecule has 2 aromatic rings. The molecule has 0 radical (unpaired) electrons. The van der Waals surface area contributed by atoms with Crippen LogP contribution in [-0.2, 0) is 6.18 Å². The number of nitrogens with zero attached hydrogens (tertiary/aromatic N) is 5. The molecule has 11 heteroatoms. The van der Waals surface area contributed by atoms with Gasteiger partial charge in [0.1, 0.15) is 0 Å². The number of halogens is 4. The van der Waals surface area contributed by atoms with Crippen LogP contribution in [0, 0.1) is 0 Å². The van der Waals surface area contributed by atoms with Gasteiger partial charge in [-0.25, -0.2) is 9.97 Å². The molecule has 172 valence electrons. The number of carbonyl (C=O) groups excluding carboxylic acids is 2. The van der Waals surface area contributed by atoms with Gasteiger partial charge in [-0.2, -0.15) is 13.2 Å². The van der Waals surface area contributed by atoms with E-state index in [4.69, 9.17) is 11.6 Å². The minimum Gasteiger partial charge on any atom is -0.341 e. The smallest absolute Gasteiger partial charge is 0.341 e. The predicted octanol–water partition coefficient (Wildman–Crippen LogP) is 3.59. The number of carbonyl (C=O) groups is 2. The number of benzene rings is 1. The van der Waals surface area contributed by atoms with Crippen molar-refractivity contribution in [3.63, 3.8) is 0 Å². The Kier molecular flexibility index (Phi) is 7.22. The summed E-state index contributed by atoms with van der Waals surface area (Å²) in [5.41, 5.74) is -0.540. The third kappa shape index (κ3) is 5.12. The number of rotatable bonds is 5. The standard InChI is InChI=1S/C21H23ClF3N5O2/c1-3-28(4-2)20-26-13-16(22)17(27-20)19(32)30-11-9-29(10-12-30)18(31)14-5-7-15(8-6-14)21(23,24)25/h5-8,13H,3-4,9-12H2,1-2H3. The molecule has 1 aliphatic heterocycles. The van der Waals surface area contributed by atoms with Crippen molar-refractivity contribution in [1.29, 1.82) is 0 Å². The molecule has 0 unspecified atom stereocenters. The number of piperazine rings is 1. The van der Waals surface area contributed by atoms with Crippen LogP contribution in [0.25, 0.3) is 0 Å². The van der Waals surface area contributed by atoms with Crippen LogP contribution >= 0.6 is 11.6 Å². The second kappa shape index (κ2) is 9.72. The molecule has 2 heterocycles. The van der Waals surface area contributed by atoms with Gasteiger partial charge in [-0.3, -0.25) is 9.59 Å².